The molecule has 30 heavy (non-hydrogen) atoms. The molecule has 1 saturated heterocycles. The molecule has 0 spiro atoms. The number of rotatable bonds is 5. The Morgan fingerprint density at radius 3 is 2.50 bits per heavy atom. The minimum atomic E-state index is -0.967. The zero-order chi connectivity index (χ0) is 21.3. The molecule has 1 aromatic carbocycles. The van der Waals surface area contributed by atoms with Crippen molar-refractivity contribution in [1.29, 1.82) is 0 Å². The smallest absolute Gasteiger partial charge is 0.128 e. The van der Waals surface area contributed by atoms with Crippen molar-refractivity contribution in [3.05, 3.63) is 77.6 Å². The van der Waals surface area contributed by atoms with Gasteiger partial charge in [-0.2, -0.15) is 0 Å². The summed E-state index contributed by atoms with van der Waals surface area (Å²) in [7, 11) is 2.12. The van der Waals surface area contributed by atoms with Crippen LogP contribution in [0.5, 0.6) is 0 Å². The lowest BCUT2D eigenvalue weighted by Gasteiger charge is -2.35. The molecule has 3 aromatic rings. The third kappa shape index (κ3) is 4.40. The number of piperazine rings is 1. The first-order valence-electron chi connectivity index (χ1n) is 10.4. The third-order valence-electron chi connectivity index (χ3n) is 5.75. The maximum atomic E-state index is 14.8. The molecule has 6 heteroatoms. The van der Waals surface area contributed by atoms with Gasteiger partial charge in [-0.25, -0.2) is 4.39 Å². The number of anilines is 1. The second-order valence-electron chi connectivity index (χ2n) is 8.59. The second-order valence-corrected chi connectivity index (χ2v) is 8.59. The molecule has 1 aliphatic heterocycles. The first-order chi connectivity index (χ1) is 14.3. The molecule has 0 unspecified atom stereocenters. The van der Waals surface area contributed by atoms with Gasteiger partial charge in [-0.1, -0.05) is 6.07 Å². The highest BCUT2D eigenvalue weighted by atomic mass is 19.1. The number of hydrogen-bond acceptors (Lipinski definition) is 4. The summed E-state index contributed by atoms with van der Waals surface area (Å²) >= 11 is 0. The number of benzene rings is 1. The lowest BCUT2D eigenvalue weighted by atomic mass is 10.0. The van der Waals surface area contributed by atoms with Crippen molar-refractivity contribution in [2.24, 2.45) is 0 Å². The van der Waals surface area contributed by atoms with E-state index in [4.69, 9.17) is 0 Å². The van der Waals surface area contributed by atoms with E-state index in [0.717, 1.165) is 48.7 Å². The standard InChI is InChI=1S/C24H29FN4O/c1-24(2,30)23-8-7-19(16-26-23)29-10-9-18(17-29)15-20-21(25)5-4-6-22(20)28-13-11-27(3)12-14-28/h4-10,16-17,30H,11-15H2,1-3H3. The fourth-order valence-electron chi connectivity index (χ4n) is 3.88. The van der Waals surface area contributed by atoms with Crippen molar-refractivity contribution in [3.63, 3.8) is 0 Å². The van der Waals surface area contributed by atoms with Crippen LogP contribution in [0.4, 0.5) is 10.1 Å². The van der Waals surface area contributed by atoms with Crippen LogP contribution in [0, 0.1) is 5.82 Å². The minimum Gasteiger partial charge on any atom is -0.384 e. The fourth-order valence-corrected chi connectivity index (χ4v) is 3.88. The van der Waals surface area contributed by atoms with Crippen LogP contribution in [0.2, 0.25) is 0 Å². The molecule has 1 fully saturated rings. The lowest BCUT2D eigenvalue weighted by molar-refractivity contribution is 0.0738. The number of aliphatic hydroxyl groups is 1. The zero-order valence-corrected chi connectivity index (χ0v) is 17.8. The first-order valence-corrected chi connectivity index (χ1v) is 10.4. The quantitative estimate of drug-likeness (QED) is 0.701. The largest absolute Gasteiger partial charge is 0.384 e. The topological polar surface area (TPSA) is 44.5 Å². The number of aromatic nitrogens is 2. The van der Waals surface area contributed by atoms with E-state index in [9.17, 15) is 9.50 Å². The molecule has 0 bridgehead atoms. The molecule has 158 valence electrons. The number of halogens is 1. The van der Waals surface area contributed by atoms with Gasteiger partial charge < -0.3 is 19.5 Å². The fraction of sp³-hybridized carbons (Fsp3) is 0.375. The molecule has 0 atom stereocenters. The SMILES string of the molecule is CN1CCN(c2cccc(F)c2Cc2ccn(-c3ccc(C(C)(C)O)nc3)c2)CC1. The molecule has 0 aliphatic carbocycles. The van der Waals surface area contributed by atoms with Crippen molar-refractivity contribution < 1.29 is 9.50 Å². The van der Waals surface area contributed by atoms with E-state index in [0.29, 0.717) is 12.1 Å². The molecular weight excluding hydrogens is 379 g/mol. The van der Waals surface area contributed by atoms with Gasteiger partial charge in [0.2, 0.25) is 0 Å². The van der Waals surface area contributed by atoms with Gasteiger partial charge in [-0.15, -0.1) is 0 Å². The van der Waals surface area contributed by atoms with Crippen molar-refractivity contribution in [2.45, 2.75) is 25.9 Å². The Labute approximate surface area is 177 Å². The Morgan fingerprint density at radius 2 is 1.83 bits per heavy atom. The average Bonchev–Trinajstić information content (AvgIpc) is 3.18. The second kappa shape index (κ2) is 8.20. The summed E-state index contributed by atoms with van der Waals surface area (Å²) in [6.45, 7) is 7.23. The highest BCUT2D eigenvalue weighted by molar-refractivity contribution is 5.56. The molecule has 1 N–H and O–H groups in total. The normalized spacial score (nSPS) is 15.6. The number of pyridine rings is 1. The van der Waals surface area contributed by atoms with E-state index in [1.165, 1.54) is 0 Å². The Balaban J connectivity index is 1.56. The number of nitrogens with zero attached hydrogens (tertiary/aromatic N) is 4. The Morgan fingerprint density at radius 1 is 1.07 bits per heavy atom. The van der Waals surface area contributed by atoms with Gasteiger partial charge in [-0.05, 0) is 56.8 Å². The summed E-state index contributed by atoms with van der Waals surface area (Å²) in [5.41, 5.74) is 3.35. The average molecular weight is 409 g/mol. The van der Waals surface area contributed by atoms with Gasteiger partial charge in [0.1, 0.15) is 11.4 Å². The van der Waals surface area contributed by atoms with Gasteiger partial charge >= 0.3 is 0 Å². The highest BCUT2D eigenvalue weighted by Crippen LogP contribution is 2.27. The predicted octanol–water partition coefficient (Wildman–Crippen LogP) is 3.58. The number of hydrogen-bond donors (Lipinski definition) is 1. The predicted molar refractivity (Wildman–Crippen MR) is 118 cm³/mol. The first kappa shape index (κ1) is 20.6. The van der Waals surface area contributed by atoms with E-state index >= 15 is 0 Å². The van der Waals surface area contributed by atoms with Gasteiger partial charge in [0.25, 0.3) is 0 Å². The molecule has 2 aromatic heterocycles. The molecule has 0 amide bonds. The molecule has 5 nitrogen and oxygen atoms in total. The summed E-state index contributed by atoms with van der Waals surface area (Å²) in [6, 6.07) is 11.2. The Kier molecular flexibility index (Phi) is 5.62. The summed E-state index contributed by atoms with van der Waals surface area (Å²) in [5, 5.41) is 10.1. The Hall–Kier alpha value is -2.70. The van der Waals surface area contributed by atoms with Crippen molar-refractivity contribution in [3.8, 4) is 5.69 Å². The van der Waals surface area contributed by atoms with Crippen molar-refractivity contribution in [2.75, 3.05) is 38.1 Å². The van der Waals surface area contributed by atoms with Gasteiger partial charge in [0.15, 0.2) is 0 Å². The van der Waals surface area contributed by atoms with Gasteiger partial charge in [0.05, 0.1) is 17.6 Å². The monoisotopic (exact) mass is 408 g/mol. The molecular formula is C24H29FN4O. The van der Waals surface area contributed by atoms with Crippen LogP contribution >= 0.6 is 0 Å². The van der Waals surface area contributed by atoms with E-state index in [-0.39, 0.29) is 5.82 Å². The lowest BCUT2D eigenvalue weighted by Crippen LogP contribution is -2.44. The van der Waals surface area contributed by atoms with Crippen LogP contribution in [-0.2, 0) is 12.0 Å². The maximum absolute atomic E-state index is 14.8. The van der Waals surface area contributed by atoms with E-state index in [2.05, 4.69) is 21.8 Å². The van der Waals surface area contributed by atoms with Crippen LogP contribution in [0.15, 0.2) is 55.0 Å². The van der Waals surface area contributed by atoms with E-state index in [1.807, 2.05) is 41.2 Å². The van der Waals surface area contributed by atoms with Crippen LogP contribution in [0.25, 0.3) is 5.69 Å². The van der Waals surface area contributed by atoms with E-state index in [1.54, 1.807) is 32.2 Å². The third-order valence-corrected chi connectivity index (χ3v) is 5.75. The molecule has 4 rings (SSSR count). The Bertz CT molecular complexity index is 999. The van der Waals surface area contributed by atoms with Gasteiger partial charge in [0, 0.05) is 56.2 Å². The minimum absolute atomic E-state index is 0.157. The maximum Gasteiger partial charge on any atom is 0.128 e. The van der Waals surface area contributed by atoms with Gasteiger partial charge in [-0.3, -0.25) is 4.98 Å². The summed E-state index contributed by atoms with van der Waals surface area (Å²) in [6.07, 6.45) is 6.26. The molecule has 0 saturated carbocycles. The number of likely N-dealkylation sites (N-methyl/N-ethyl adjacent to an activating group) is 1. The highest BCUT2D eigenvalue weighted by Gasteiger charge is 2.20. The summed E-state index contributed by atoms with van der Waals surface area (Å²) in [4.78, 5) is 8.96. The molecule has 1 aliphatic rings. The van der Waals surface area contributed by atoms with Crippen LogP contribution in [-0.4, -0.2) is 52.8 Å². The molecule has 3 heterocycles. The van der Waals surface area contributed by atoms with E-state index < -0.39 is 5.60 Å². The summed E-state index contributed by atoms with van der Waals surface area (Å²) < 4.78 is 16.8. The van der Waals surface area contributed by atoms with Crippen LogP contribution in [0.3, 0.4) is 0 Å². The van der Waals surface area contributed by atoms with Crippen LogP contribution in [0.1, 0.15) is 30.7 Å². The van der Waals surface area contributed by atoms with Crippen LogP contribution < -0.4 is 4.90 Å². The van der Waals surface area contributed by atoms with Crippen molar-refractivity contribution >= 4 is 5.69 Å². The zero-order valence-electron chi connectivity index (χ0n) is 17.8. The van der Waals surface area contributed by atoms with Crippen molar-refractivity contribution in [1.82, 2.24) is 14.5 Å². The molecule has 0 radical (unpaired) electrons. The summed E-state index contributed by atoms with van der Waals surface area (Å²) in [5.74, 6) is -0.157.